The summed E-state index contributed by atoms with van der Waals surface area (Å²) >= 11 is 0. The third-order valence-corrected chi connectivity index (χ3v) is 3.66. The van der Waals surface area contributed by atoms with E-state index in [0.717, 1.165) is 0 Å². The van der Waals surface area contributed by atoms with E-state index in [-0.39, 0.29) is 12.1 Å². The Balaban J connectivity index is 1.84. The zero-order chi connectivity index (χ0) is 19.2. The van der Waals surface area contributed by atoms with Crippen LogP contribution in [-0.4, -0.2) is 48.4 Å². The monoisotopic (exact) mass is 365 g/mol. The number of carbonyl (C=O) groups excluding carboxylic acids is 3. The van der Waals surface area contributed by atoms with E-state index < -0.39 is 23.6 Å². The molecule has 3 N–H and O–H groups in total. The average molecular weight is 365 g/mol. The summed E-state index contributed by atoms with van der Waals surface area (Å²) in [5.74, 6) is -2.29. The quantitative estimate of drug-likeness (QED) is 0.534. The number of nitrogens with two attached hydrogens (primary N) is 1. The van der Waals surface area contributed by atoms with Crippen LogP contribution in [0.15, 0.2) is 55.2 Å². The topological polar surface area (TPSA) is 146 Å². The second-order valence-electron chi connectivity index (χ2n) is 5.48. The van der Waals surface area contributed by atoms with Crippen molar-refractivity contribution in [3.63, 3.8) is 0 Å². The van der Waals surface area contributed by atoms with E-state index in [1.165, 1.54) is 29.5 Å². The van der Waals surface area contributed by atoms with Crippen molar-refractivity contribution in [3.05, 3.63) is 66.6 Å². The lowest BCUT2D eigenvalue weighted by Crippen LogP contribution is -2.47. The lowest BCUT2D eigenvalue weighted by Gasteiger charge is -2.16. The molecule has 0 aromatic carbocycles. The molecule has 3 aromatic heterocycles. The predicted molar refractivity (Wildman–Crippen MR) is 92.6 cm³/mol. The van der Waals surface area contributed by atoms with Gasteiger partial charge in [-0.2, -0.15) is 5.10 Å². The molecule has 0 fully saturated rings. The van der Waals surface area contributed by atoms with Gasteiger partial charge in [0.2, 0.25) is 5.78 Å². The summed E-state index contributed by atoms with van der Waals surface area (Å²) < 4.78 is 1.30. The van der Waals surface area contributed by atoms with Gasteiger partial charge in [-0.25, -0.2) is 14.6 Å². The highest BCUT2D eigenvalue weighted by atomic mass is 16.2. The van der Waals surface area contributed by atoms with Crippen molar-refractivity contribution < 1.29 is 14.4 Å². The van der Waals surface area contributed by atoms with E-state index in [1.54, 1.807) is 30.5 Å². The van der Waals surface area contributed by atoms with Crippen molar-refractivity contribution in [1.82, 2.24) is 30.0 Å². The summed E-state index contributed by atoms with van der Waals surface area (Å²) in [7, 11) is 0. The highest BCUT2D eigenvalue weighted by Gasteiger charge is 2.27. The molecule has 3 heterocycles. The number of Topliss-reactive ketones (excluding diaryl/α,β-unsaturated/α-hetero) is 1. The van der Waals surface area contributed by atoms with Gasteiger partial charge in [-0.05, 0) is 18.2 Å². The number of hydrogen-bond donors (Lipinski definition) is 2. The number of pyridine rings is 1. The standard InChI is InChI=1S/C17H15N7O3/c18-16(26)15(25)12(9-11-3-1-2-6-20-11)23-17(27)13-4-8-22-24(13)14-5-7-19-10-21-14/h1-8,10,12H,9H2,(H2,18,26)(H,23,27). The van der Waals surface area contributed by atoms with E-state index in [0.29, 0.717) is 11.5 Å². The first-order valence-electron chi connectivity index (χ1n) is 7.91. The molecule has 0 saturated heterocycles. The molecule has 0 bridgehead atoms. The Bertz CT molecular complexity index is 957. The summed E-state index contributed by atoms with van der Waals surface area (Å²) in [5, 5.41) is 6.58. The van der Waals surface area contributed by atoms with Crippen molar-refractivity contribution in [2.24, 2.45) is 5.73 Å². The maximum Gasteiger partial charge on any atom is 0.287 e. The van der Waals surface area contributed by atoms with Crippen molar-refractivity contribution in [2.75, 3.05) is 0 Å². The van der Waals surface area contributed by atoms with Crippen LogP contribution in [0.25, 0.3) is 5.82 Å². The molecule has 3 rings (SSSR count). The summed E-state index contributed by atoms with van der Waals surface area (Å²) in [6.07, 6.45) is 5.81. The molecule has 0 spiro atoms. The fourth-order valence-electron chi connectivity index (χ4n) is 2.41. The lowest BCUT2D eigenvalue weighted by molar-refractivity contribution is -0.137. The van der Waals surface area contributed by atoms with Crippen LogP contribution >= 0.6 is 0 Å². The van der Waals surface area contributed by atoms with Gasteiger partial charge < -0.3 is 11.1 Å². The van der Waals surface area contributed by atoms with Gasteiger partial charge in [-0.3, -0.25) is 19.4 Å². The van der Waals surface area contributed by atoms with Crippen LogP contribution in [0, 0.1) is 0 Å². The smallest absolute Gasteiger partial charge is 0.287 e. The van der Waals surface area contributed by atoms with Crippen LogP contribution in [0.2, 0.25) is 0 Å². The van der Waals surface area contributed by atoms with E-state index >= 15 is 0 Å². The van der Waals surface area contributed by atoms with Crippen LogP contribution in [0.1, 0.15) is 16.2 Å². The molecule has 1 unspecified atom stereocenters. The van der Waals surface area contributed by atoms with E-state index in [9.17, 15) is 14.4 Å². The van der Waals surface area contributed by atoms with Gasteiger partial charge in [-0.1, -0.05) is 6.07 Å². The summed E-state index contributed by atoms with van der Waals surface area (Å²) in [5.41, 5.74) is 5.78. The Labute approximate surface area is 153 Å². The number of ketones is 1. The van der Waals surface area contributed by atoms with Gasteiger partial charge in [0.15, 0.2) is 5.82 Å². The number of amides is 2. The molecule has 3 aromatic rings. The number of rotatable bonds is 7. The van der Waals surface area contributed by atoms with Crippen molar-refractivity contribution in [3.8, 4) is 5.82 Å². The SMILES string of the molecule is NC(=O)C(=O)C(Cc1ccccn1)NC(=O)c1ccnn1-c1ccncn1. The Morgan fingerprint density at radius 1 is 1.07 bits per heavy atom. The third kappa shape index (κ3) is 4.18. The maximum absolute atomic E-state index is 12.7. The zero-order valence-corrected chi connectivity index (χ0v) is 14.0. The van der Waals surface area contributed by atoms with Crippen molar-refractivity contribution >= 4 is 17.6 Å². The number of nitrogens with one attached hydrogen (secondary N) is 1. The highest BCUT2D eigenvalue weighted by molar-refractivity contribution is 6.38. The van der Waals surface area contributed by atoms with Crippen LogP contribution < -0.4 is 11.1 Å². The molecule has 27 heavy (non-hydrogen) atoms. The molecule has 2 amide bonds. The number of hydrogen-bond acceptors (Lipinski definition) is 7. The van der Waals surface area contributed by atoms with Crippen LogP contribution in [0.4, 0.5) is 0 Å². The molecule has 0 saturated carbocycles. The fraction of sp³-hybridized carbons (Fsp3) is 0.118. The lowest BCUT2D eigenvalue weighted by atomic mass is 10.1. The van der Waals surface area contributed by atoms with Crippen LogP contribution in [0.5, 0.6) is 0 Å². The summed E-state index contributed by atoms with van der Waals surface area (Å²) in [4.78, 5) is 48.1. The number of aromatic nitrogens is 5. The average Bonchev–Trinajstić information content (AvgIpc) is 3.18. The minimum Gasteiger partial charge on any atom is -0.363 e. The normalized spacial score (nSPS) is 11.6. The Hall–Kier alpha value is -3.95. The molecule has 0 aliphatic carbocycles. The van der Waals surface area contributed by atoms with E-state index in [1.807, 2.05) is 0 Å². The minimum atomic E-state index is -1.15. The molecule has 0 radical (unpaired) electrons. The first kappa shape index (κ1) is 17.9. The third-order valence-electron chi connectivity index (χ3n) is 3.66. The minimum absolute atomic E-state index is 0.0238. The van der Waals surface area contributed by atoms with Crippen molar-refractivity contribution in [2.45, 2.75) is 12.5 Å². The Kier molecular flexibility index (Phi) is 5.26. The zero-order valence-electron chi connectivity index (χ0n) is 14.0. The first-order chi connectivity index (χ1) is 13.1. The summed E-state index contributed by atoms with van der Waals surface area (Å²) in [6.45, 7) is 0. The van der Waals surface area contributed by atoms with Crippen LogP contribution in [0.3, 0.4) is 0 Å². The van der Waals surface area contributed by atoms with E-state index in [2.05, 4.69) is 25.4 Å². The molecule has 10 nitrogen and oxygen atoms in total. The molecule has 0 aliphatic heterocycles. The van der Waals surface area contributed by atoms with Gasteiger partial charge in [0.05, 0.1) is 6.20 Å². The molecule has 1 atom stereocenters. The second kappa shape index (κ2) is 7.95. The molecular formula is C17H15N7O3. The number of carbonyl (C=O) groups is 3. The van der Waals surface area contributed by atoms with Gasteiger partial charge in [-0.15, -0.1) is 0 Å². The predicted octanol–water partition coefficient (Wildman–Crippen LogP) is -0.547. The van der Waals surface area contributed by atoms with Crippen molar-refractivity contribution in [1.29, 1.82) is 0 Å². The molecule has 10 heteroatoms. The second-order valence-corrected chi connectivity index (χ2v) is 5.48. The first-order valence-corrected chi connectivity index (χ1v) is 7.91. The van der Waals surface area contributed by atoms with Crippen LogP contribution in [-0.2, 0) is 16.0 Å². The fourth-order valence-corrected chi connectivity index (χ4v) is 2.41. The molecular weight excluding hydrogens is 350 g/mol. The van der Waals surface area contributed by atoms with Gasteiger partial charge in [0.1, 0.15) is 18.1 Å². The largest absolute Gasteiger partial charge is 0.363 e. The van der Waals surface area contributed by atoms with Gasteiger partial charge in [0.25, 0.3) is 11.8 Å². The molecule has 136 valence electrons. The van der Waals surface area contributed by atoms with E-state index in [4.69, 9.17) is 5.73 Å². The Morgan fingerprint density at radius 3 is 2.59 bits per heavy atom. The Morgan fingerprint density at radius 2 is 1.93 bits per heavy atom. The van der Waals surface area contributed by atoms with Gasteiger partial charge in [0, 0.05) is 30.6 Å². The number of primary amides is 1. The maximum atomic E-state index is 12.7. The van der Waals surface area contributed by atoms with Gasteiger partial charge >= 0.3 is 0 Å². The number of nitrogens with zero attached hydrogens (tertiary/aromatic N) is 5. The highest BCUT2D eigenvalue weighted by Crippen LogP contribution is 2.08. The molecule has 0 aliphatic rings. The summed E-state index contributed by atoms with van der Waals surface area (Å²) in [6, 6.07) is 7.01.